The SMILES string of the molecule is CNC(c1cc(C)n(C)n1)c1cccc(Cl)c1Cl. The van der Waals surface area contributed by atoms with E-state index in [0.717, 1.165) is 17.0 Å². The Labute approximate surface area is 117 Å². The van der Waals surface area contributed by atoms with Crippen LogP contribution in [0.3, 0.4) is 0 Å². The predicted octanol–water partition coefficient (Wildman–Crippen LogP) is 3.34. The fourth-order valence-electron chi connectivity index (χ4n) is 1.94. The highest BCUT2D eigenvalue weighted by Gasteiger charge is 2.19. The van der Waals surface area contributed by atoms with Gasteiger partial charge >= 0.3 is 0 Å². The minimum absolute atomic E-state index is 0.0592. The molecular formula is C13H15Cl2N3. The van der Waals surface area contributed by atoms with Crippen molar-refractivity contribution in [3.63, 3.8) is 0 Å². The van der Waals surface area contributed by atoms with E-state index in [-0.39, 0.29) is 6.04 Å². The second-order valence-electron chi connectivity index (χ2n) is 4.20. The van der Waals surface area contributed by atoms with Gasteiger partial charge in [-0.15, -0.1) is 0 Å². The third-order valence-electron chi connectivity index (χ3n) is 3.01. The van der Waals surface area contributed by atoms with Gasteiger partial charge in [-0.25, -0.2) is 0 Å². The first-order valence-corrected chi connectivity index (χ1v) is 6.42. The van der Waals surface area contributed by atoms with Crippen molar-refractivity contribution >= 4 is 23.2 Å². The molecule has 0 aliphatic rings. The molecule has 0 amide bonds. The summed E-state index contributed by atoms with van der Waals surface area (Å²) in [6.07, 6.45) is 0. The van der Waals surface area contributed by atoms with Crippen LogP contribution in [0, 0.1) is 6.92 Å². The van der Waals surface area contributed by atoms with Crippen molar-refractivity contribution in [1.82, 2.24) is 15.1 Å². The summed E-state index contributed by atoms with van der Waals surface area (Å²) in [4.78, 5) is 0. The third-order valence-corrected chi connectivity index (χ3v) is 3.84. The molecule has 2 aromatic rings. The monoisotopic (exact) mass is 283 g/mol. The lowest BCUT2D eigenvalue weighted by Crippen LogP contribution is -2.19. The van der Waals surface area contributed by atoms with Crippen LogP contribution in [-0.4, -0.2) is 16.8 Å². The first kappa shape index (κ1) is 13.4. The molecule has 0 saturated heterocycles. The highest BCUT2D eigenvalue weighted by atomic mass is 35.5. The van der Waals surface area contributed by atoms with Gasteiger partial charge in [-0.05, 0) is 31.7 Å². The minimum Gasteiger partial charge on any atom is -0.308 e. The van der Waals surface area contributed by atoms with Gasteiger partial charge in [0.05, 0.1) is 21.8 Å². The average molecular weight is 284 g/mol. The zero-order chi connectivity index (χ0) is 13.3. The van der Waals surface area contributed by atoms with Gasteiger partial charge in [0.1, 0.15) is 0 Å². The van der Waals surface area contributed by atoms with Crippen LogP contribution in [0.5, 0.6) is 0 Å². The Kier molecular flexibility index (Phi) is 3.95. The Balaban J connectivity index is 2.48. The number of nitrogens with zero attached hydrogens (tertiary/aromatic N) is 2. The van der Waals surface area contributed by atoms with Gasteiger partial charge in [0.15, 0.2) is 0 Å². The van der Waals surface area contributed by atoms with Gasteiger partial charge in [-0.2, -0.15) is 5.10 Å². The largest absolute Gasteiger partial charge is 0.308 e. The number of halogens is 2. The maximum atomic E-state index is 6.26. The van der Waals surface area contributed by atoms with Gasteiger partial charge in [0, 0.05) is 12.7 Å². The smallest absolute Gasteiger partial charge is 0.0842 e. The Morgan fingerprint density at radius 3 is 2.61 bits per heavy atom. The average Bonchev–Trinajstić information content (AvgIpc) is 2.66. The molecule has 3 nitrogen and oxygen atoms in total. The molecule has 96 valence electrons. The van der Waals surface area contributed by atoms with Crippen LogP contribution in [-0.2, 0) is 7.05 Å². The number of hydrogen-bond donors (Lipinski definition) is 1. The number of aromatic nitrogens is 2. The number of aryl methyl sites for hydroxylation is 2. The molecule has 1 heterocycles. The van der Waals surface area contributed by atoms with Crippen LogP contribution in [0.4, 0.5) is 0 Å². The summed E-state index contributed by atoms with van der Waals surface area (Å²) in [5.41, 5.74) is 2.97. The number of nitrogens with one attached hydrogen (secondary N) is 1. The van der Waals surface area contributed by atoms with Crippen LogP contribution < -0.4 is 5.32 Å². The summed E-state index contributed by atoms with van der Waals surface area (Å²) in [7, 11) is 3.80. The van der Waals surface area contributed by atoms with Crippen LogP contribution in [0.2, 0.25) is 10.0 Å². The lowest BCUT2D eigenvalue weighted by atomic mass is 10.0. The Morgan fingerprint density at radius 1 is 1.33 bits per heavy atom. The van der Waals surface area contributed by atoms with Gasteiger partial charge in [-0.1, -0.05) is 35.3 Å². The Bertz CT molecular complexity index is 544. The van der Waals surface area contributed by atoms with Gasteiger partial charge in [0.25, 0.3) is 0 Å². The van der Waals surface area contributed by atoms with Crippen molar-refractivity contribution < 1.29 is 0 Å². The molecule has 1 N–H and O–H groups in total. The first-order valence-electron chi connectivity index (χ1n) is 5.66. The zero-order valence-corrected chi connectivity index (χ0v) is 12.0. The van der Waals surface area contributed by atoms with Crippen molar-refractivity contribution in [3.8, 4) is 0 Å². The summed E-state index contributed by atoms with van der Waals surface area (Å²) in [5.74, 6) is 0. The van der Waals surface area contributed by atoms with E-state index in [9.17, 15) is 0 Å². The molecule has 2 rings (SSSR count). The molecule has 0 bridgehead atoms. The maximum Gasteiger partial charge on any atom is 0.0842 e. The Hall–Kier alpha value is -1.03. The number of benzene rings is 1. The normalized spacial score (nSPS) is 12.7. The van der Waals surface area contributed by atoms with Crippen molar-refractivity contribution in [2.75, 3.05) is 7.05 Å². The van der Waals surface area contributed by atoms with E-state index in [4.69, 9.17) is 23.2 Å². The molecule has 1 unspecified atom stereocenters. The fraction of sp³-hybridized carbons (Fsp3) is 0.308. The third kappa shape index (κ3) is 2.39. The van der Waals surface area contributed by atoms with Crippen LogP contribution in [0.15, 0.2) is 24.3 Å². The van der Waals surface area contributed by atoms with Crippen LogP contribution >= 0.6 is 23.2 Å². The lowest BCUT2D eigenvalue weighted by Gasteiger charge is -2.16. The summed E-state index contributed by atoms with van der Waals surface area (Å²) in [5, 5.41) is 8.83. The quantitative estimate of drug-likeness (QED) is 0.936. The molecule has 0 saturated carbocycles. The molecule has 0 spiro atoms. The maximum absolute atomic E-state index is 6.26. The summed E-state index contributed by atoms with van der Waals surface area (Å²) < 4.78 is 1.85. The van der Waals surface area contributed by atoms with E-state index in [1.54, 1.807) is 6.07 Å². The summed E-state index contributed by atoms with van der Waals surface area (Å²) in [6.45, 7) is 2.02. The minimum atomic E-state index is -0.0592. The van der Waals surface area contributed by atoms with E-state index in [1.807, 2.05) is 43.9 Å². The van der Waals surface area contributed by atoms with Gasteiger partial charge in [-0.3, -0.25) is 4.68 Å². The summed E-state index contributed by atoms with van der Waals surface area (Å²) >= 11 is 12.3. The van der Waals surface area contributed by atoms with Crippen molar-refractivity contribution in [1.29, 1.82) is 0 Å². The van der Waals surface area contributed by atoms with Crippen LogP contribution in [0.1, 0.15) is 23.0 Å². The van der Waals surface area contributed by atoms with Gasteiger partial charge < -0.3 is 5.32 Å². The molecule has 0 aliphatic carbocycles. The van der Waals surface area contributed by atoms with Gasteiger partial charge in [0.2, 0.25) is 0 Å². The molecule has 1 atom stereocenters. The standard InChI is InChI=1S/C13H15Cl2N3/c1-8-7-11(17-18(8)3)13(16-2)9-5-4-6-10(14)12(9)15/h4-7,13,16H,1-3H3. The van der Waals surface area contributed by atoms with E-state index < -0.39 is 0 Å². The predicted molar refractivity (Wildman–Crippen MR) is 75.3 cm³/mol. The van der Waals surface area contributed by atoms with Crippen LogP contribution in [0.25, 0.3) is 0 Å². The van der Waals surface area contributed by atoms with Crippen molar-refractivity contribution in [2.24, 2.45) is 7.05 Å². The first-order chi connectivity index (χ1) is 8.54. The van der Waals surface area contributed by atoms with E-state index in [1.165, 1.54) is 0 Å². The molecule has 5 heteroatoms. The van der Waals surface area contributed by atoms with E-state index >= 15 is 0 Å². The number of hydrogen-bond acceptors (Lipinski definition) is 2. The topological polar surface area (TPSA) is 29.9 Å². The highest BCUT2D eigenvalue weighted by molar-refractivity contribution is 6.42. The highest BCUT2D eigenvalue weighted by Crippen LogP contribution is 2.32. The Morgan fingerprint density at radius 2 is 2.06 bits per heavy atom. The molecule has 0 aliphatic heterocycles. The fourth-order valence-corrected chi connectivity index (χ4v) is 2.35. The molecule has 1 aromatic carbocycles. The number of rotatable bonds is 3. The van der Waals surface area contributed by atoms with Crippen molar-refractivity contribution in [3.05, 3.63) is 51.3 Å². The summed E-state index contributed by atoms with van der Waals surface area (Å²) in [6, 6.07) is 7.61. The zero-order valence-electron chi connectivity index (χ0n) is 10.5. The van der Waals surface area contributed by atoms with Crippen molar-refractivity contribution in [2.45, 2.75) is 13.0 Å². The second-order valence-corrected chi connectivity index (χ2v) is 4.98. The van der Waals surface area contributed by atoms with E-state index in [0.29, 0.717) is 10.0 Å². The molecule has 0 fully saturated rings. The molecule has 18 heavy (non-hydrogen) atoms. The molecule has 1 aromatic heterocycles. The molecular weight excluding hydrogens is 269 g/mol. The second kappa shape index (κ2) is 5.31. The molecule has 0 radical (unpaired) electrons. The lowest BCUT2D eigenvalue weighted by molar-refractivity contribution is 0.638. The van der Waals surface area contributed by atoms with E-state index in [2.05, 4.69) is 10.4 Å².